The van der Waals surface area contributed by atoms with Gasteiger partial charge in [0.05, 0.1) is 6.54 Å². The van der Waals surface area contributed by atoms with E-state index in [4.69, 9.17) is 0 Å². The van der Waals surface area contributed by atoms with Crippen LogP contribution in [-0.2, 0) is 11.3 Å². The number of hydrogen-bond acceptors (Lipinski definition) is 4. The molecule has 0 radical (unpaired) electrons. The molecule has 1 aliphatic heterocycles. The fourth-order valence-corrected chi connectivity index (χ4v) is 3.68. The third-order valence-electron chi connectivity index (χ3n) is 4.19. The highest BCUT2D eigenvalue weighted by atomic mass is 35.5. The van der Waals surface area contributed by atoms with Gasteiger partial charge < -0.3 is 10.6 Å². The van der Waals surface area contributed by atoms with Gasteiger partial charge >= 0.3 is 0 Å². The third kappa shape index (κ3) is 3.64. The van der Waals surface area contributed by atoms with Gasteiger partial charge in [-0.1, -0.05) is 0 Å². The molecule has 20 heavy (non-hydrogen) atoms. The van der Waals surface area contributed by atoms with Crippen LogP contribution in [0.1, 0.15) is 30.0 Å². The number of nitrogens with one attached hydrogen (secondary N) is 2. The van der Waals surface area contributed by atoms with Crippen LogP contribution >= 0.6 is 36.2 Å². The fraction of sp³-hybridized carbons (Fsp3) is 0.692. The summed E-state index contributed by atoms with van der Waals surface area (Å²) in [4.78, 5) is 16.5. The standard InChI is InChI=1S/C13H19N3OS.2ClH/c1-9-8-18-11(16-9)7-15-12(17)10-6-13(10)2-4-14-5-3-13;;/h8,10,14H,2-7H2,1H3,(H,15,17);2*1H. The summed E-state index contributed by atoms with van der Waals surface area (Å²) >= 11 is 1.61. The quantitative estimate of drug-likeness (QED) is 0.889. The van der Waals surface area contributed by atoms with Crippen LogP contribution < -0.4 is 10.6 Å². The molecule has 0 bridgehead atoms. The highest BCUT2D eigenvalue weighted by Gasteiger charge is 2.57. The Morgan fingerprint density at radius 1 is 1.50 bits per heavy atom. The topological polar surface area (TPSA) is 54.0 Å². The molecule has 2 aliphatic rings. The molecule has 4 nitrogen and oxygen atoms in total. The zero-order chi connectivity index (χ0) is 12.6. The Kier molecular flexibility index (Phi) is 6.25. The summed E-state index contributed by atoms with van der Waals surface area (Å²) in [6, 6.07) is 0. The van der Waals surface area contributed by atoms with Crippen molar-refractivity contribution in [3.63, 3.8) is 0 Å². The normalized spacial score (nSPS) is 22.6. The van der Waals surface area contributed by atoms with Gasteiger partial charge in [-0.3, -0.25) is 4.79 Å². The van der Waals surface area contributed by atoms with E-state index in [9.17, 15) is 4.79 Å². The molecule has 1 amide bonds. The lowest BCUT2D eigenvalue weighted by atomic mass is 9.92. The third-order valence-corrected chi connectivity index (χ3v) is 5.15. The number of aryl methyl sites for hydroxylation is 1. The lowest BCUT2D eigenvalue weighted by Crippen LogP contribution is -2.33. The maximum Gasteiger partial charge on any atom is 0.224 e. The molecule has 1 unspecified atom stereocenters. The largest absolute Gasteiger partial charge is 0.349 e. The minimum atomic E-state index is 0. The Labute approximate surface area is 135 Å². The average molecular weight is 338 g/mol. The first kappa shape index (κ1) is 17.7. The second kappa shape index (κ2) is 7.07. The minimum absolute atomic E-state index is 0. The predicted octanol–water partition coefficient (Wildman–Crippen LogP) is 2.30. The molecule has 1 atom stereocenters. The summed E-state index contributed by atoms with van der Waals surface area (Å²) in [6.45, 7) is 4.69. The van der Waals surface area contributed by atoms with Gasteiger partial charge in [-0.15, -0.1) is 36.2 Å². The second-order valence-corrected chi connectivity index (χ2v) is 6.41. The van der Waals surface area contributed by atoms with Gasteiger partial charge in [0, 0.05) is 17.0 Å². The zero-order valence-electron chi connectivity index (χ0n) is 11.5. The molecule has 2 heterocycles. The monoisotopic (exact) mass is 337 g/mol. The van der Waals surface area contributed by atoms with E-state index in [1.54, 1.807) is 11.3 Å². The summed E-state index contributed by atoms with van der Waals surface area (Å²) in [6.07, 6.45) is 3.39. The Morgan fingerprint density at radius 2 is 2.20 bits per heavy atom. The van der Waals surface area contributed by atoms with Crippen LogP contribution in [-0.4, -0.2) is 24.0 Å². The number of piperidine rings is 1. The predicted molar refractivity (Wildman–Crippen MR) is 85.8 cm³/mol. The van der Waals surface area contributed by atoms with Crippen LogP contribution in [0.4, 0.5) is 0 Å². The van der Waals surface area contributed by atoms with Crippen LogP contribution in [0.2, 0.25) is 0 Å². The number of hydrogen-bond donors (Lipinski definition) is 2. The highest BCUT2D eigenvalue weighted by molar-refractivity contribution is 7.09. The number of nitrogens with zero attached hydrogens (tertiary/aromatic N) is 1. The first-order chi connectivity index (χ1) is 8.70. The molecule has 114 valence electrons. The Bertz CT molecular complexity index is 460. The van der Waals surface area contributed by atoms with Crippen molar-refractivity contribution >= 4 is 42.1 Å². The summed E-state index contributed by atoms with van der Waals surface area (Å²) in [5, 5.41) is 9.42. The van der Waals surface area contributed by atoms with Gasteiger partial charge in [0.1, 0.15) is 5.01 Å². The van der Waals surface area contributed by atoms with Crippen molar-refractivity contribution in [3.05, 3.63) is 16.1 Å². The van der Waals surface area contributed by atoms with E-state index in [2.05, 4.69) is 15.6 Å². The van der Waals surface area contributed by atoms with E-state index in [1.165, 1.54) is 0 Å². The molecule has 1 saturated heterocycles. The summed E-state index contributed by atoms with van der Waals surface area (Å²) < 4.78 is 0. The number of rotatable bonds is 3. The van der Waals surface area contributed by atoms with E-state index < -0.39 is 0 Å². The Hall–Kier alpha value is -0.360. The van der Waals surface area contributed by atoms with Crippen molar-refractivity contribution in [2.75, 3.05) is 13.1 Å². The fourth-order valence-electron chi connectivity index (χ4n) is 2.97. The first-order valence-corrected chi connectivity index (χ1v) is 7.47. The van der Waals surface area contributed by atoms with Crippen molar-refractivity contribution in [1.82, 2.24) is 15.6 Å². The van der Waals surface area contributed by atoms with E-state index in [1.807, 2.05) is 12.3 Å². The molecule has 1 aromatic heterocycles. The molecule has 7 heteroatoms. The highest BCUT2D eigenvalue weighted by Crippen LogP contribution is 2.58. The van der Waals surface area contributed by atoms with E-state index in [-0.39, 0.29) is 36.6 Å². The SMILES string of the molecule is Cc1csc(CNC(=O)C2CC23CCNCC3)n1.Cl.Cl. The van der Waals surface area contributed by atoms with Gasteiger partial charge in [-0.25, -0.2) is 4.98 Å². The molecular weight excluding hydrogens is 317 g/mol. The van der Waals surface area contributed by atoms with Crippen molar-refractivity contribution in [3.8, 4) is 0 Å². The van der Waals surface area contributed by atoms with Gasteiger partial charge in [-0.2, -0.15) is 0 Å². The van der Waals surface area contributed by atoms with Crippen LogP contribution in [0, 0.1) is 18.3 Å². The molecule has 2 N–H and O–H groups in total. The van der Waals surface area contributed by atoms with Crippen LogP contribution in [0.15, 0.2) is 5.38 Å². The van der Waals surface area contributed by atoms with Crippen LogP contribution in [0.25, 0.3) is 0 Å². The maximum atomic E-state index is 12.1. The molecular formula is C13H21Cl2N3OS. The molecule has 1 saturated carbocycles. The summed E-state index contributed by atoms with van der Waals surface area (Å²) in [5.41, 5.74) is 1.36. The Balaban J connectivity index is 0.000001000. The molecule has 0 aromatic carbocycles. The molecule has 2 fully saturated rings. The number of thiazole rings is 1. The molecule has 1 aromatic rings. The number of aromatic nitrogens is 1. The van der Waals surface area contributed by atoms with Crippen LogP contribution in [0.5, 0.6) is 0 Å². The zero-order valence-corrected chi connectivity index (χ0v) is 13.9. The molecule has 1 aliphatic carbocycles. The minimum Gasteiger partial charge on any atom is -0.349 e. The van der Waals surface area contributed by atoms with Crippen molar-refractivity contribution in [1.29, 1.82) is 0 Å². The lowest BCUT2D eigenvalue weighted by molar-refractivity contribution is -0.123. The maximum absolute atomic E-state index is 12.1. The van der Waals surface area contributed by atoms with Crippen molar-refractivity contribution < 1.29 is 4.79 Å². The van der Waals surface area contributed by atoms with Gasteiger partial charge in [-0.05, 0) is 44.7 Å². The Morgan fingerprint density at radius 3 is 2.80 bits per heavy atom. The lowest BCUT2D eigenvalue weighted by Gasteiger charge is -2.23. The van der Waals surface area contributed by atoms with E-state index >= 15 is 0 Å². The number of halogens is 2. The summed E-state index contributed by atoms with van der Waals surface area (Å²) in [7, 11) is 0. The van der Waals surface area contributed by atoms with Crippen molar-refractivity contribution in [2.45, 2.75) is 32.7 Å². The first-order valence-electron chi connectivity index (χ1n) is 6.59. The van der Waals surface area contributed by atoms with E-state index in [0.29, 0.717) is 12.0 Å². The average Bonchev–Trinajstić information content (AvgIpc) is 2.89. The smallest absolute Gasteiger partial charge is 0.224 e. The van der Waals surface area contributed by atoms with Gasteiger partial charge in [0.25, 0.3) is 0 Å². The second-order valence-electron chi connectivity index (χ2n) is 5.47. The summed E-state index contributed by atoms with van der Waals surface area (Å²) in [5.74, 6) is 0.477. The van der Waals surface area contributed by atoms with Crippen LogP contribution in [0.3, 0.4) is 0 Å². The van der Waals surface area contributed by atoms with Gasteiger partial charge in [0.2, 0.25) is 5.91 Å². The van der Waals surface area contributed by atoms with Gasteiger partial charge in [0.15, 0.2) is 0 Å². The molecule has 3 rings (SSSR count). The number of carbonyl (C=O) groups excluding carboxylic acids is 1. The number of carbonyl (C=O) groups is 1. The van der Waals surface area contributed by atoms with Crippen molar-refractivity contribution in [2.24, 2.45) is 11.3 Å². The number of amides is 1. The molecule has 1 spiro atoms. The van der Waals surface area contributed by atoms with E-state index in [0.717, 1.165) is 43.1 Å².